The standard InChI is InChI=1S/C12H11BrClNO/c13-10-4-3-8(6-11(10)14)12-9(7-15)2-1-5-16-12/h3-4,6,9,12H,1-2,5H2. The van der Waals surface area contributed by atoms with E-state index in [4.69, 9.17) is 21.6 Å². The maximum absolute atomic E-state index is 9.07. The first-order chi connectivity index (χ1) is 7.72. The number of benzene rings is 1. The van der Waals surface area contributed by atoms with Gasteiger partial charge in [0.2, 0.25) is 0 Å². The fourth-order valence-corrected chi connectivity index (χ4v) is 2.37. The summed E-state index contributed by atoms with van der Waals surface area (Å²) in [5.74, 6) is -0.0639. The number of nitrogens with zero attached hydrogens (tertiary/aromatic N) is 1. The zero-order valence-electron chi connectivity index (χ0n) is 8.62. The van der Waals surface area contributed by atoms with Gasteiger partial charge in [-0.1, -0.05) is 17.7 Å². The van der Waals surface area contributed by atoms with Gasteiger partial charge >= 0.3 is 0 Å². The highest BCUT2D eigenvalue weighted by Gasteiger charge is 2.27. The molecule has 2 nitrogen and oxygen atoms in total. The molecule has 84 valence electrons. The van der Waals surface area contributed by atoms with Crippen molar-refractivity contribution < 1.29 is 4.74 Å². The Kier molecular flexibility index (Phi) is 3.86. The minimum Gasteiger partial charge on any atom is -0.372 e. The first kappa shape index (κ1) is 11.9. The minimum absolute atomic E-state index is 0.0639. The Bertz CT molecular complexity index is 430. The van der Waals surface area contributed by atoms with E-state index in [2.05, 4.69) is 22.0 Å². The van der Waals surface area contributed by atoms with Crippen molar-refractivity contribution in [3.63, 3.8) is 0 Å². The maximum Gasteiger partial charge on any atom is 0.0983 e. The third-order valence-electron chi connectivity index (χ3n) is 2.76. The molecule has 0 saturated carbocycles. The van der Waals surface area contributed by atoms with Crippen LogP contribution in [0, 0.1) is 17.2 Å². The Balaban J connectivity index is 2.28. The van der Waals surface area contributed by atoms with Gasteiger partial charge in [-0.3, -0.25) is 0 Å². The average Bonchev–Trinajstić information content (AvgIpc) is 2.32. The second-order valence-electron chi connectivity index (χ2n) is 3.84. The number of ether oxygens (including phenoxy) is 1. The zero-order chi connectivity index (χ0) is 11.5. The predicted octanol–water partition coefficient (Wildman–Crippen LogP) is 4.09. The lowest BCUT2D eigenvalue weighted by Crippen LogP contribution is -2.21. The molecule has 1 fully saturated rings. The van der Waals surface area contributed by atoms with Gasteiger partial charge in [-0.25, -0.2) is 0 Å². The van der Waals surface area contributed by atoms with Crippen molar-refractivity contribution in [1.29, 1.82) is 5.26 Å². The highest BCUT2D eigenvalue weighted by molar-refractivity contribution is 9.10. The summed E-state index contributed by atoms with van der Waals surface area (Å²) in [4.78, 5) is 0. The first-order valence-corrected chi connectivity index (χ1v) is 6.35. The Morgan fingerprint density at radius 1 is 1.50 bits per heavy atom. The normalized spacial score (nSPS) is 25.1. The smallest absolute Gasteiger partial charge is 0.0983 e. The van der Waals surface area contributed by atoms with Crippen LogP contribution in [0.25, 0.3) is 0 Å². The molecule has 2 unspecified atom stereocenters. The zero-order valence-corrected chi connectivity index (χ0v) is 11.0. The molecule has 0 N–H and O–H groups in total. The fraction of sp³-hybridized carbons (Fsp3) is 0.417. The Labute approximate surface area is 108 Å². The third kappa shape index (κ3) is 2.40. The van der Waals surface area contributed by atoms with Crippen LogP contribution >= 0.6 is 27.5 Å². The van der Waals surface area contributed by atoms with E-state index in [1.807, 2.05) is 18.2 Å². The van der Waals surface area contributed by atoms with E-state index >= 15 is 0 Å². The third-order valence-corrected chi connectivity index (χ3v) is 3.99. The van der Waals surface area contributed by atoms with Gasteiger partial charge in [-0.2, -0.15) is 5.26 Å². The molecule has 1 aromatic rings. The lowest BCUT2D eigenvalue weighted by Gasteiger charge is -2.27. The molecule has 0 aromatic heterocycles. The van der Waals surface area contributed by atoms with Gasteiger partial charge in [-0.15, -0.1) is 0 Å². The van der Waals surface area contributed by atoms with Crippen molar-refractivity contribution in [2.45, 2.75) is 18.9 Å². The number of rotatable bonds is 1. The van der Waals surface area contributed by atoms with Crippen molar-refractivity contribution in [1.82, 2.24) is 0 Å². The molecule has 1 saturated heterocycles. The number of hydrogen-bond acceptors (Lipinski definition) is 2. The summed E-state index contributed by atoms with van der Waals surface area (Å²) in [5, 5.41) is 9.73. The van der Waals surface area contributed by atoms with Crippen LogP contribution in [0.5, 0.6) is 0 Å². The molecule has 0 spiro atoms. The van der Waals surface area contributed by atoms with Crippen molar-refractivity contribution in [2.75, 3.05) is 6.61 Å². The Morgan fingerprint density at radius 3 is 3.00 bits per heavy atom. The summed E-state index contributed by atoms with van der Waals surface area (Å²) in [6.07, 6.45) is 1.72. The fourth-order valence-electron chi connectivity index (χ4n) is 1.93. The van der Waals surface area contributed by atoms with E-state index in [-0.39, 0.29) is 12.0 Å². The van der Waals surface area contributed by atoms with Gasteiger partial charge in [0.1, 0.15) is 0 Å². The first-order valence-electron chi connectivity index (χ1n) is 5.18. The average molecular weight is 301 g/mol. The van der Waals surface area contributed by atoms with E-state index in [0.717, 1.165) is 29.5 Å². The molecule has 0 radical (unpaired) electrons. The molecular weight excluding hydrogens is 289 g/mol. The number of halogens is 2. The highest BCUT2D eigenvalue weighted by atomic mass is 79.9. The monoisotopic (exact) mass is 299 g/mol. The van der Waals surface area contributed by atoms with E-state index < -0.39 is 0 Å². The van der Waals surface area contributed by atoms with Crippen molar-refractivity contribution in [3.8, 4) is 6.07 Å². The lowest BCUT2D eigenvalue weighted by atomic mass is 9.91. The molecule has 0 amide bonds. The van der Waals surface area contributed by atoms with Crippen molar-refractivity contribution >= 4 is 27.5 Å². The molecule has 1 aromatic carbocycles. The van der Waals surface area contributed by atoms with Crippen LogP contribution in [0.4, 0.5) is 0 Å². The molecule has 16 heavy (non-hydrogen) atoms. The van der Waals surface area contributed by atoms with Gasteiger partial charge in [0.15, 0.2) is 0 Å². The molecule has 2 atom stereocenters. The highest BCUT2D eigenvalue weighted by Crippen LogP contribution is 2.35. The lowest BCUT2D eigenvalue weighted by molar-refractivity contribution is -0.0101. The topological polar surface area (TPSA) is 33.0 Å². The summed E-state index contributed by atoms with van der Waals surface area (Å²) in [6, 6.07) is 8.02. The Hall–Kier alpha value is -0.560. The van der Waals surface area contributed by atoms with E-state index in [0.29, 0.717) is 5.02 Å². The van der Waals surface area contributed by atoms with E-state index in [9.17, 15) is 0 Å². The van der Waals surface area contributed by atoms with Crippen LogP contribution in [-0.2, 0) is 4.74 Å². The van der Waals surface area contributed by atoms with E-state index in [1.165, 1.54) is 0 Å². The molecule has 2 rings (SSSR count). The van der Waals surface area contributed by atoms with Gasteiger partial charge in [0.25, 0.3) is 0 Å². The van der Waals surface area contributed by atoms with Crippen molar-refractivity contribution in [3.05, 3.63) is 33.3 Å². The predicted molar refractivity (Wildman–Crippen MR) is 66.2 cm³/mol. The number of hydrogen-bond donors (Lipinski definition) is 0. The van der Waals surface area contributed by atoms with Crippen molar-refractivity contribution in [2.24, 2.45) is 5.92 Å². The van der Waals surface area contributed by atoms with Crippen LogP contribution in [0.3, 0.4) is 0 Å². The van der Waals surface area contributed by atoms with Crippen LogP contribution in [0.1, 0.15) is 24.5 Å². The SMILES string of the molecule is N#CC1CCCOC1c1ccc(Br)c(Cl)c1. The minimum atomic E-state index is -0.135. The maximum atomic E-state index is 9.07. The Morgan fingerprint density at radius 2 is 2.31 bits per heavy atom. The van der Waals surface area contributed by atoms with E-state index in [1.54, 1.807) is 0 Å². The summed E-state index contributed by atoms with van der Waals surface area (Å²) in [6.45, 7) is 0.719. The second kappa shape index (κ2) is 5.18. The molecule has 0 bridgehead atoms. The van der Waals surface area contributed by atoms with Gasteiger partial charge < -0.3 is 4.74 Å². The molecule has 1 aliphatic rings. The molecule has 1 heterocycles. The summed E-state index contributed by atoms with van der Waals surface area (Å²) in [7, 11) is 0. The largest absolute Gasteiger partial charge is 0.372 e. The van der Waals surface area contributed by atoms with Crippen LogP contribution < -0.4 is 0 Å². The van der Waals surface area contributed by atoms with Gasteiger partial charge in [-0.05, 0) is 46.5 Å². The summed E-state index contributed by atoms with van der Waals surface area (Å²) >= 11 is 9.39. The molecule has 0 aliphatic carbocycles. The summed E-state index contributed by atoms with van der Waals surface area (Å²) < 4.78 is 6.53. The van der Waals surface area contributed by atoms with Crippen LogP contribution in [-0.4, -0.2) is 6.61 Å². The van der Waals surface area contributed by atoms with Gasteiger partial charge in [0, 0.05) is 11.1 Å². The van der Waals surface area contributed by atoms with Crippen LogP contribution in [0.15, 0.2) is 22.7 Å². The quantitative estimate of drug-likeness (QED) is 0.782. The molecule has 4 heteroatoms. The van der Waals surface area contributed by atoms with Crippen LogP contribution in [0.2, 0.25) is 5.02 Å². The van der Waals surface area contributed by atoms with Gasteiger partial charge in [0.05, 0.1) is 23.1 Å². The summed E-state index contributed by atoms with van der Waals surface area (Å²) in [5.41, 5.74) is 0.986. The number of nitriles is 1. The molecular formula is C12H11BrClNO. The molecule has 1 aliphatic heterocycles. The second-order valence-corrected chi connectivity index (χ2v) is 5.10.